The smallest absolute Gasteiger partial charge is 0.244 e. The van der Waals surface area contributed by atoms with Crippen LogP contribution >= 0.6 is 0 Å². The standard InChI is InChI=1S/C14H26N4O2S/c1-4-7-15-8-9-18-11-13(10-16-18)21(19,20)17-14(2,3)12-5-6-12/h10-12,15,17H,4-9H2,1-3H3. The maximum atomic E-state index is 12.4. The zero-order valence-electron chi connectivity index (χ0n) is 13.1. The molecular weight excluding hydrogens is 288 g/mol. The van der Waals surface area contributed by atoms with Gasteiger partial charge in [0, 0.05) is 18.3 Å². The molecule has 1 heterocycles. The van der Waals surface area contributed by atoms with Gasteiger partial charge in [-0.3, -0.25) is 4.68 Å². The normalized spacial score (nSPS) is 16.3. The molecule has 1 aromatic heterocycles. The van der Waals surface area contributed by atoms with Crippen molar-refractivity contribution in [1.82, 2.24) is 19.8 Å². The fourth-order valence-corrected chi connectivity index (χ4v) is 3.82. The van der Waals surface area contributed by atoms with Crippen molar-refractivity contribution in [3.05, 3.63) is 12.4 Å². The van der Waals surface area contributed by atoms with E-state index in [1.807, 2.05) is 13.8 Å². The molecule has 1 aromatic rings. The van der Waals surface area contributed by atoms with E-state index in [0.717, 1.165) is 32.4 Å². The largest absolute Gasteiger partial charge is 0.315 e. The number of sulfonamides is 1. The van der Waals surface area contributed by atoms with Gasteiger partial charge >= 0.3 is 0 Å². The highest BCUT2D eigenvalue weighted by molar-refractivity contribution is 7.89. The highest BCUT2D eigenvalue weighted by atomic mass is 32.2. The van der Waals surface area contributed by atoms with Gasteiger partial charge in [-0.2, -0.15) is 5.10 Å². The van der Waals surface area contributed by atoms with Gasteiger partial charge < -0.3 is 5.32 Å². The second-order valence-corrected chi connectivity index (χ2v) is 7.97. The first-order valence-corrected chi connectivity index (χ1v) is 9.10. The molecule has 0 unspecified atom stereocenters. The van der Waals surface area contributed by atoms with Crippen LogP contribution in [0.2, 0.25) is 0 Å². The Hall–Kier alpha value is -0.920. The van der Waals surface area contributed by atoms with Gasteiger partial charge in [-0.1, -0.05) is 6.92 Å². The van der Waals surface area contributed by atoms with Crippen LogP contribution < -0.4 is 10.0 Å². The molecule has 0 saturated heterocycles. The highest BCUT2D eigenvalue weighted by Gasteiger charge is 2.40. The van der Waals surface area contributed by atoms with Crippen molar-refractivity contribution in [3.8, 4) is 0 Å². The van der Waals surface area contributed by atoms with Crippen molar-refractivity contribution in [2.45, 2.75) is 57.0 Å². The van der Waals surface area contributed by atoms with Crippen LogP contribution in [-0.2, 0) is 16.6 Å². The van der Waals surface area contributed by atoms with Crippen LogP contribution in [0.5, 0.6) is 0 Å². The third-order valence-corrected chi connectivity index (χ3v) is 5.49. The molecule has 0 bridgehead atoms. The Morgan fingerprint density at radius 2 is 2.10 bits per heavy atom. The monoisotopic (exact) mass is 314 g/mol. The van der Waals surface area contributed by atoms with E-state index < -0.39 is 10.0 Å². The van der Waals surface area contributed by atoms with E-state index >= 15 is 0 Å². The minimum absolute atomic E-state index is 0.242. The SMILES string of the molecule is CCCNCCn1cc(S(=O)(=O)NC(C)(C)C2CC2)cn1. The van der Waals surface area contributed by atoms with Crippen LogP contribution in [0.25, 0.3) is 0 Å². The predicted molar refractivity (Wildman–Crippen MR) is 82.5 cm³/mol. The number of rotatable bonds is 9. The maximum Gasteiger partial charge on any atom is 0.244 e. The van der Waals surface area contributed by atoms with Gasteiger partial charge in [0.25, 0.3) is 0 Å². The first-order valence-electron chi connectivity index (χ1n) is 7.62. The van der Waals surface area contributed by atoms with Crippen molar-refractivity contribution >= 4 is 10.0 Å². The Labute approximate surface area is 127 Å². The predicted octanol–water partition coefficient (Wildman–Crippen LogP) is 1.35. The van der Waals surface area contributed by atoms with E-state index in [-0.39, 0.29) is 10.4 Å². The molecule has 1 aliphatic carbocycles. The molecule has 21 heavy (non-hydrogen) atoms. The summed E-state index contributed by atoms with van der Waals surface area (Å²) >= 11 is 0. The second kappa shape index (κ2) is 6.46. The van der Waals surface area contributed by atoms with Crippen LogP contribution in [0.3, 0.4) is 0 Å². The molecule has 120 valence electrons. The lowest BCUT2D eigenvalue weighted by molar-refractivity contribution is 0.400. The van der Waals surface area contributed by atoms with E-state index in [4.69, 9.17) is 0 Å². The molecule has 0 radical (unpaired) electrons. The molecule has 0 amide bonds. The molecule has 0 atom stereocenters. The number of hydrogen-bond donors (Lipinski definition) is 2. The van der Waals surface area contributed by atoms with Crippen molar-refractivity contribution in [3.63, 3.8) is 0 Å². The second-order valence-electron chi connectivity index (χ2n) is 6.29. The Morgan fingerprint density at radius 1 is 1.38 bits per heavy atom. The van der Waals surface area contributed by atoms with Crippen LogP contribution in [0.4, 0.5) is 0 Å². The molecule has 1 aliphatic rings. The van der Waals surface area contributed by atoms with Crippen LogP contribution in [-0.4, -0.2) is 36.8 Å². The molecule has 0 aliphatic heterocycles. The Bertz CT molecular complexity index is 561. The molecule has 2 rings (SSSR count). The van der Waals surface area contributed by atoms with Gasteiger partial charge in [0.15, 0.2) is 0 Å². The zero-order valence-corrected chi connectivity index (χ0v) is 13.9. The lowest BCUT2D eigenvalue weighted by atomic mass is 10.0. The molecule has 6 nitrogen and oxygen atoms in total. The first kappa shape index (κ1) is 16.5. The van der Waals surface area contributed by atoms with Gasteiger partial charge in [-0.15, -0.1) is 0 Å². The van der Waals surface area contributed by atoms with E-state index in [9.17, 15) is 8.42 Å². The summed E-state index contributed by atoms with van der Waals surface area (Å²) < 4.78 is 29.3. The molecule has 7 heteroatoms. The number of nitrogens with zero attached hydrogens (tertiary/aromatic N) is 2. The van der Waals surface area contributed by atoms with Crippen molar-refractivity contribution < 1.29 is 8.42 Å². The maximum absolute atomic E-state index is 12.4. The van der Waals surface area contributed by atoms with Gasteiger partial charge in [-0.05, 0) is 45.6 Å². The quantitative estimate of drug-likeness (QED) is 0.675. The Kier molecular flexibility index (Phi) is 5.06. The summed E-state index contributed by atoms with van der Waals surface area (Å²) in [6.45, 7) is 8.42. The molecule has 2 N–H and O–H groups in total. The average Bonchev–Trinajstić information content (AvgIpc) is 3.14. The summed E-state index contributed by atoms with van der Waals surface area (Å²) in [5.74, 6) is 0.445. The van der Waals surface area contributed by atoms with Crippen LogP contribution in [0.1, 0.15) is 40.0 Å². The molecule has 0 aromatic carbocycles. The summed E-state index contributed by atoms with van der Waals surface area (Å²) in [5, 5.41) is 7.40. The third kappa shape index (κ3) is 4.52. The summed E-state index contributed by atoms with van der Waals surface area (Å²) in [5.41, 5.74) is -0.385. The molecule has 1 fully saturated rings. The number of aromatic nitrogens is 2. The van der Waals surface area contributed by atoms with Gasteiger partial charge in [0.05, 0.1) is 12.7 Å². The zero-order chi connectivity index (χ0) is 15.5. The van der Waals surface area contributed by atoms with Crippen LogP contribution in [0.15, 0.2) is 17.3 Å². The fraction of sp³-hybridized carbons (Fsp3) is 0.786. The first-order chi connectivity index (χ1) is 9.85. The number of nitrogens with one attached hydrogen (secondary N) is 2. The lowest BCUT2D eigenvalue weighted by Crippen LogP contribution is -2.44. The summed E-state index contributed by atoms with van der Waals surface area (Å²) in [6, 6.07) is 0. The topological polar surface area (TPSA) is 76.0 Å². The highest BCUT2D eigenvalue weighted by Crippen LogP contribution is 2.39. The van der Waals surface area contributed by atoms with Gasteiger partial charge in [0.1, 0.15) is 4.90 Å². The van der Waals surface area contributed by atoms with E-state index in [0.29, 0.717) is 12.5 Å². The van der Waals surface area contributed by atoms with Gasteiger partial charge in [0.2, 0.25) is 10.0 Å². The molecule has 0 spiro atoms. The minimum Gasteiger partial charge on any atom is -0.315 e. The van der Waals surface area contributed by atoms with E-state index in [1.54, 1.807) is 10.9 Å². The summed E-state index contributed by atoms with van der Waals surface area (Å²) in [4.78, 5) is 0.242. The van der Waals surface area contributed by atoms with E-state index in [2.05, 4.69) is 22.1 Å². The Morgan fingerprint density at radius 3 is 2.71 bits per heavy atom. The van der Waals surface area contributed by atoms with Crippen molar-refractivity contribution in [2.75, 3.05) is 13.1 Å². The van der Waals surface area contributed by atoms with Crippen molar-refractivity contribution in [2.24, 2.45) is 5.92 Å². The summed E-state index contributed by atoms with van der Waals surface area (Å²) in [7, 11) is -3.49. The Balaban J connectivity index is 1.95. The van der Waals surface area contributed by atoms with Crippen molar-refractivity contribution in [1.29, 1.82) is 0 Å². The van der Waals surface area contributed by atoms with Crippen LogP contribution in [0, 0.1) is 5.92 Å². The lowest BCUT2D eigenvalue weighted by Gasteiger charge is -2.25. The minimum atomic E-state index is -3.49. The third-order valence-electron chi connectivity index (χ3n) is 3.86. The van der Waals surface area contributed by atoms with E-state index in [1.165, 1.54) is 6.20 Å². The number of hydrogen-bond acceptors (Lipinski definition) is 4. The fourth-order valence-electron chi connectivity index (χ4n) is 2.39. The molecular formula is C14H26N4O2S. The molecule has 1 saturated carbocycles. The summed E-state index contributed by atoms with van der Waals surface area (Å²) in [6.07, 6.45) is 6.29. The average molecular weight is 314 g/mol. The van der Waals surface area contributed by atoms with Gasteiger partial charge in [-0.25, -0.2) is 13.1 Å².